The largest absolute Gasteiger partial charge is 0.355 e. The van der Waals surface area contributed by atoms with E-state index in [1.54, 1.807) is 11.0 Å². The summed E-state index contributed by atoms with van der Waals surface area (Å²) in [6.07, 6.45) is 5.75. The molecule has 2 aliphatic rings. The Balaban J connectivity index is 1.43. The van der Waals surface area contributed by atoms with Gasteiger partial charge in [-0.1, -0.05) is 0 Å². The quantitative estimate of drug-likeness (QED) is 0.793. The van der Waals surface area contributed by atoms with Crippen molar-refractivity contribution in [1.82, 2.24) is 25.4 Å². The smallest absolute Gasteiger partial charge is 0.223 e. The SMILES string of the molecule is Cn1cnc(CCNC(=O)C2CC23CCNCC3)n1. The van der Waals surface area contributed by atoms with Crippen LogP contribution in [0.1, 0.15) is 25.1 Å². The van der Waals surface area contributed by atoms with Gasteiger partial charge in [0.1, 0.15) is 6.33 Å². The molecule has 1 saturated carbocycles. The summed E-state index contributed by atoms with van der Waals surface area (Å²) in [5.74, 6) is 1.25. The first-order valence-corrected chi connectivity index (χ1v) is 7.03. The molecule has 2 heterocycles. The lowest BCUT2D eigenvalue weighted by molar-refractivity contribution is -0.123. The zero-order valence-electron chi connectivity index (χ0n) is 11.4. The Kier molecular flexibility index (Phi) is 3.26. The number of carbonyl (C=O) groups excluding carboxylic acids is 1. The normalized spacial score (nSPS) is 24.4. The van der Waals surface area contributed by atoms with E-state index >= 15 is 0 Å². The van der Waals surface area contributed by atoms with E-state index in [-0.39, 0.29) is 11.8 Å². The van der Waals surface area contributed by atoms with Gasteiger partial charge in [0.15, 0.2) is 5.82 Å². The molecule has 1 saturated heterocycles. The number of amides is 1. The Hall–Kier alpha value is -1.43. The molecular formula is C13H21N5O. The van der Waals surface area contributed by atoms with E-state index in [9.17, 15) is 4.79 Å². The lowest BCUT2D eigenvalue weighted by atomic mass is 9.92. The molecule has 1 unspecified atom stereocenters. The number of nitrogens with one attached hydrogen (secondary N) is 2. The molecule has 2 N–H and O–H groups in total. The summed E-state index contributed by atoms with van der Waals surface area (Å²) >= 11 is 0. The fourth-order valence-corrected chi connectivity index (χ4v) is 3.11. The van der Waals surface area contributed by atoms with Gasteiger partial charge in [0, 0.05) is 25.9 Å². The number of piperidine rings is 1. The van der Waals surface area contributed by atoms with E-state index < -0.39 is 0 Å². The predicted molar refractivity (Wildman–Crippen MR) is 70.4 cm³/mol. The maximum absolute atomic E-state index is 12.1. The van der Waals surface area contributed by atoms with Crippen molar-refractivity contribution in [3.05, 3.63) is 12.2 Å². The van der Waals surface area contributed by atoms with Crippen molar-refractivity contribution in [2.75, 3.05) is 19.6 Å². The number of hydrogen-bond donors (Lipinski definition) is 2. The van der Waals surface area contributed by atoms with E-state index in [0.29, 0.717) is 18.4 Å². The average Bonchev–Trinajstić information content (AvgIpc) is 2.93. The van der Waals surface area contributed by atoms with Crippen molar-refractivity contribution in [3.8, 4) is 0 Å². The van der Waals surface area contributed by atoms with Gasteiger partial charge in [-0.15, -0.1) is 0 Å². The van der Waals surface area contributed by atoms with Crippen molar-refractivity contribution in [2.45, 2.75) is 25.7 Å². The first-order chi connectivity index (χ1) is 9.20. The topological polar surface area (TPSA) is 71.8 Å². The molecule has 1 spiro atoms. The average molecular weight is 263 g/mol. The van der Waals surface area contributed by atoms with Crippen molar-refractivity contribution in [3.63, 3.8) is 0 Å². The molecule has 1 aromatic rings. The van der Waals surface area contributed by atoms with Crippen LogP contribution >= 0.6 is 0 Å². The standard InChI is InChI=1S/C13H21N5O/c1-18-9-16-11(17-18)2-5-15-12(19)10-8-13(10)3-6-14-7-4-13/h9-10,14H,2-8H2,1H3,(H,15,19). The Labute approximate surface area is 113 Å². The van der Waals surface area contributed by atoms with Gasteiger partial charge in [-0.25, -0.2) is 4.98 Å². The van der Waals surface area contributed by atoms with Gasteiger partial charge in [0.05, 0.1) is 0 Å². The summed E-state index contributed by atoms with van der Waals surface area (Å²) in [6.45, 7) is 2.75. The molecule has 19 heavy (non-hydrogen) atoms. The van der Waals surface area contributed by atoms with Gasteiger partial charge >= 0.3 is 0 Å². The van der Waals surface area contributed by atoms with Crippen LogP contribution in [0.25, 0.3) is 0 Å². The highest BCUT2D eigenvalue weighted by Gasteiger charge is 2.57. The van der Waals surface area contributed by atoms with Crippen LogP contribution in [-0.2, 0) is 18.3 Å². The first kappa shape index (κ1) is 12.6. The van der Waals surface area contributed by atoms with Gasteiger partial charge in [0.2, 0.25) is 5.91 Å². The fourth-order valence-electron chi connectivity index (χ4n) is 3.11. The van der Waals surface area contributed by atoms with E-state index in [0.717, 1.165) is 38.2 Å². The Morgan fingerprint density at radius 1 is 1.58 bits per heavy atom. The molecule has 3 rings (SSSR count). The molecule has 0 radical (unpaired) electrons. The third kappa shape index (κ3) is 2.63. The molecule has 0 bridgehead atoms. The van der Waals surface area contributed by atoms with Crippen LogP contribution in [0.2, 0.25) is 0 Å². The van der Waals surface area contributed by atoms with Gasteiger partial charge in [0.25, 0.3) is 0 Å². The number of aromatic nitrogens is 3. The minimum atomic E-state index is 0.220. The monoisotopic (exact) mass is 263 g/mol. The van der Waals surface area contributed by atoms with Crippen LogP contribution in [0.3, 0.4) is 0 Å². The third-order valence-corrected chi connectivity index (χ3v) is 4.40. The van der Waals surface area contributed by atoms with Crippen LogP contribution < -0.4 is 10.6 Å². The molecular weight excluding hydrogens is 242 g/mol. The number of carbonyl (C=O) groups is 1. The molecule has 2 fully saturated rings. The van der Waals surface area contributed by atoms with Crippen LogP contribution in [0.5, 0.6) is 0 Å². The van der Waals surface area contributed by atoms with Crippen molar-refractivity contribution in [1.29, 1.82) is 0 Å². The van der Waals surface area contributed by atoms with Crippen molar-refractivity contribution >= 4 is 5.91 Å². The molecule has 1 atom stereocenters. The van der Waals surface area contributed by atoms with E-state index in [1.807, 2.05) is 7.05 Å². The predicted octanol–water partition coefficient (Wildman–Crippen LogP) is -0.136. The summed E-state index contributed by atoms with van der Waals surface area (Å²) in [4.78, 5) is 16.2. The summed E-state index contributed by atoms with van der Waals surface area (Å²) in [5.41, 5.74) is 0.318. The number of rotatable bonds is 4. The van der Waals surface area contributed by atoms with E-state index in [4.69, 9.17) is 0 Å². The van der Waals surface area contributed by atoms with Crippen LogP contribution in [-0.4, -0.2) is 40.3 Å². The number of hydrogen-bond acceptors (Lipinski definition) is 4. The second kappa shape index (κ2) is 4.92. The molecule has 104 valence electrons. The molecule has 1 aromatic heterocycles. The minimum Gasteiger partial charge on any atom is -0.355 e. The highest BCUT2D eigenvalue weighted by Crippen LogP contribution is 2.58. The first-order valence-electron chi connectivity index (χ1n) is 7.03. The zero-order valence-corrected chi connectivity index (χ0v) is 11.4. The molecule has 1 aliphatic carbocycles. The van der Waals surface area contributed by atoms with Gasteiger partial charge in [-0.05, 0) is 37.8 Å². The molecule has 1 amide bonds. The Morgan fingerprint density at radius 3 is 3.05 bits per heavy atom. The minimum absolute atomic E-state index is 0.220. The maximum Gasteiger partial charge on any atom is 0.223 e. The number of nitrogens with zero attached hydrogens (tertiary/aromatic N) is 3. The Morgan fingerprint density at radius 2 is 2.37 bits per heavy atom. The summed E-state index contributed by atoms with van der Waals surface area (Å²) in [6, 6.07) is 0. The second-order valence-corrected chi connectivity index (χ2v) is 5.74. The summed E-state index contributed by atoms with van der Waals surface area (Å²) in [5, 5.41) is 10.6. The second-order valence-electron chi connectivity index (χ2n) is 5.74. The highest BCUT2D eigenvalue weighted by molar-refractivity contribution is 5.82. The molecule has 6 heteroatoms. The number of aryl methyl sites for hydroxylation is 1. The van der Waals surface area contributed by atoms with Crippen LogP contribution in [0.4, 0.5) is 0 Å². The highest BCUT2D eigenvalue weighted by atomic mass is 16.2. The maximum atomic E-state index is 12.1. The molecule has 6 nitrogen and oxygen atoms in total. The summed E-state index contributed by atoms with van der Waals surface area (Å²) < 4.78 is 1.68. The Bertz CT molecular complexity index is 463. The fraction of sp³-hybridized carbons (Fsp3) is 0.769. The van der Waals surface area contributed by atoms with Crippen molar-refractivity contribution in [2.24, 2.45) is 18.4 Å². The molecule has 1 aliphatic heterocycles. The summed E-state index contributed by atoms with van der Waals surface area (Å²) in [7, 11) is 1.85. The third-order valence-electron chi connectivity index (χ3n) is 4.40. The van der Waals surface area contributed by atoms with Gasteiger partial charge in [-0.2, -0.15) is 5.10 Å². The van der Waals surface area contributed by atoms with E-state index in [1.165, 1.54) is 0 Å². The lowest BCUT2D eigenvalue weighted by Crippen LogP contribution is -2.34. The zero-order chi connectivity index (χ0) is 13.3. The van der Waals surface area contributed by atoms with Gasteiger partial charge < -0.3 is 10.6 Å². The van der Waals surface area contributed by atoms with Crippen molar-refractivity contribution < 1.29 is 4.79 Å². The van der Waals surface area contributed by atoms with E-state index in [2.05, 4.69) is 20.7 Å². The lowest BCUT2D eigenvalue weighted by Gasteiger charge is -2.23. The van der Waals surface area contributed by atoms with Crippen LogP contribution in [0.15, 0.2) is 6.33 Å². The van der Waals surface area contributed by atoms with Gasteiger partial charge in [-0.3, -0.25) is 9.48 Å². The van der Waals surface area contributed by atoms with Crippen LogP contribution in [0, 0.1) is 11.3 Å². The molecule has 0 aromatic carbocycles.